The van der Waals surface area contributed by atoms with Gasteiger partial charge in [0.25, 0.3) is 0 Å². The first-order chi connectivity index (χ1) is 8.93. The Bertz CT molecular complexity index is 279. The molecule has 1 saturated heterocycles. The van der Waals surface area contributed by atoms with E-state index < -0.39 is 0 Å². The maximum atomic E-state index is 5.60. The predicted octanol–water partition coefficient (Wildman–Crippen LogP) is 3.14. The molecular weight excluding hydrogens is 222 g/mol. The molecule has 0 aromatic heterocycles. The van der Waals surface area contributed by atoms with Crippen molar-refractivity contribution in [2.24, 2.45) is 17.8 Å². The van der Waals surface area contributed by atoms with Crippen molar-refractivity contribution in [2.45, 2.75) is 51.0 Å². The molecule has 0 aromatic carbocycles. The molecule has 3 rings (SSSR count). The van der Waals surface area contributed by atoms with E-state index in [4.69, 9.17) is 4.74 Å². The lowest BCUT2D eigenvalue weighted by atomic mass is 9.74. The van der Waals surface area contributed by atoms with Gasteiger partial charge in [-0.15, -0.1) is 0 Å². The lowest BCUT2D eigenvalue weighted by Gasteiger charge is -2.38. The highest BCUT2D eigenvalue weighted by Gasteiger charge is 2.35. The van der Waals surface area contributed by atoms with Crippen LogP contribution in [0.4, 0.5) is 0 Å². The van der Waals surface area contributed by atoms with Crippen LogP contribution in [0.2, 0.25) is 0 Å². The Kier molecular flexibility index (Phi) is 4.37. The van der Waals surface area contributed by atoms with Crippen molar-refractivity contribution in [3.8, 4) is 0 Å². The summed E-state index contributed by atoms with van der Waals surface area (Å²) in [6.45, 7) is 3.21. The van der Waals surface area contributed by atoms with Gasteiger partial charge >= 0.3 is 0 Å². The number of hydrogen-bond donors (Lipinski definition) is 1. The van der Waals surface area contributed by atoms with Crippen molar-refractivity contribution in [2.75, 3.05) is 19.8 Å². The molecule has 3 unspecified atom stereocenters. The van der Waals surface area contributed by atoms with Crippen LogP contribution < -0.4 is 5.32 Å². The van der Waals surface area contributed by atoms with Crippen LogP contribution in [0.15, 0.2) is 12.2 Å². The van der Waals surface area contributed by atoms with Gasteiger partial charge in [-0.2, -0.15) is 0 Å². The highest BCUT2D eigenvalue weighted by molar-refractivity contribution is 4.93. The summed E-state index contributed by atoms with van der Waals surface area (Å²) in [5.74, 6) is 2.60. The second kappa shape index (κ2) is 6.21. The summed E-state index contributed by atoms with van der Waals surface area (Å²) >= 11 is 0. The monoisotopic (exact) mass is 249 g/mol. The molecule has 0 bridgehead atoms. The number of allylic oxidation sites excluding steroid dienone is 2. The number of ether oxygens (including phenoxy) is 1. The summed E-state index contributed by atoms with van der Waals surface area (Å²) in [4.78, 5) is 0. The molecule has 18 heavy (non-hydrogen) atoms. The lowest BCUT2D eigenvalue weighted by Crippen LogP contribution is -2.47. The molecule has 0 amide bonds. The first-order valence-electron chi connectivity index (χ1n) is 7.89. The fourth-order valence-electron chi connectivity index (χ4n) is 3.70. The highest BCUT2D eigenvalue weighted by Crippen LogP contribution is 2.35. The normalized spacial score (nSPS) is 34.4. The topological polar surface area (TPSA) is 21.3 Å². The van der Waals surface area contributed by atoms with Crippen molar-refractivity contribution >= 4 is 0 Å². The molecule has 2 heteroatoms. The molecule has 2 fully saturated rings. The second-order valence-electron chi connectivity index (χ2n) is 6.40. The number of nitrogens with one attached hydrogen (secondary N) is 1. The molecule has 1 N–H and O–H groups in total. The molecule has 3 aliphatic rings. The van der Waals surface area contributed by atoms with Gasteiger partial charge in [0.15, 0.2) is 0 Å². The Labute approximate surface area is 111 Å². The van der Waals surface area contributed by atoms with Gasteiger partial charge in [0.2, 0.25) is 0 Å². The third kappa shape index (κ3) is 2.97. The van der Waals surface area contributed by atoms with Gasteiger partial charge in [0.05, 0.1) is 6.61 Å². The fraction of sp³-hybridized carbons (Fsp3) is 0.875. The summed E-state index contributed by atoms with van der Waals surface area (Å²) < 4.78 is 5.60. The number of hydrogen-bond acceptors (Lipinski definition) is 2. The smallest absolute Gasteiger partial charge is 0.0510 e. The average Bonchev–Trinajstić information content (AvgIpc) is 2.87. The van der Waals surface area contributed by atoms with E-state index in [-0.39, 0.29) is 0 Å². The van der Waals surface area contributed by atoms with Crippen molar-refractivity contribution in [3.05, 3.63) is 12.2 Å². The summed E-state index contributed by atoms with van der Waals surface area (Å²) in [5, 5.41) is 3.92. The summed E-state index contributed by atoms with van der Waals surface area (Å²) in [6, 6.07) is 0.743. The Balaban J connectivity index is 1.50. The van der Waals surface area contributed by atoms with Gasteiger partial charge in [-0.3, -0.25) is 0 Å². The minimum atomic E-state index is 0.743. The van der Waals surface area contributed by atoms with Gasteiger partial charge < -0.3 is 10.1 Å². The van der Waals surface area contributed by atoms with Crippen molar-refractivity contribution in [1.82, 2.24) is 5.32 Å². The first kappa shape index (κ1) is 12.7. The zero-order valence-electron chi connectivity index (χ0n) is 11.4. The second-order valence-corrected chi connectivity index (χ2v) is 6.40. The van der Waals surface area contributed by atoms with Crippen LogP contribution >= 0.6 is 0 Å². The summed E-state index contributed by atoms with van der Waals surface area (Å²) in [7, 11) is 0. The molecule has 2 nitrogen and oxygen atoms in total. The Morgan fingerprint density at radius 2 is 2.06 bits per heavy atom. The van der Waals surface area contributed by atoms with E-state index >= 15 is 0 Å². The maximum Gasteiger partial charge on any atom is 0.0510 e. The fourth-order valence-corrected chi connectivity index (χ4v) is 3.70. The van der Waals surface area contributed by atoms with Gasteiger partial charge in [-0.05, 0) is 56.9 Å². The third-order valence-corrected chi connectivity index (χ3v) is 5.15. The van der Waals surface area contributed by atoms with Crippen LogP contribution in [-0.2, 0) is 4.74 Å². The highest BCUT2D eigenvalue weighted by atomic mass is 16.5. The van der Waals surface area contributed by atoms with Gasteiger partial charge in [0.1, 0.15) is 0 Å². The quantitative estimate of drug-likeness (QED) is 0.756. The van der Waals surface area contributed by atoms with E-state index in [9.17, 15) is 0 Å². The van der Waals surface area contributed by atoms with E-state index in [2.05, 4.69) is 17.5 Å². The van der Waals surface area contributed by atoms with Crippen molar-refractivity contribution in [3.63, 3.8) is 0 Å². The zero-order chi connectivity index (χ0) is 12.2. The van der Waals surface area contributed by atoms with Crippen molar-refractivity contribution in [1.29, 1.82) is 0 Å². The van der Waals surface area contributed by atoms with Crippen LogP contribution in [0.1, 0.15) is 44.9 Å². The SMILES string of the molecule is C1=CCC(CNC(C2CCC2)C2CCOC2)CC1. The summed E-state index contributed by atoms with van der Waals surface area (Å²) in [5.41, 5.74) is 0. The van der Waals surface area contributed by atoms with Gasteiger partial charge in [-0.1, -0.05) is 18.6 Å². The molecule has 1 saturated carbocycles. The third-order valence-electron chi connectivity index (χ3n) is 5.15. The standard InChI is InChI=1S/C16H27NO/c1-2-5-13(6-3-1)11-17-16(14-7-4-8-14)15-9-10-18-12-15/h1-2,13-17H,3-12H2. The van der Waals surface area contributed by atoms with Gasteiger partial charge in [0, 0.05) is 18.6 Å². The minimum Gasteiger partial charge on any atom is -0.381 e. The van der Waals surface area contributed by atoms with Crippen LogP contribution in [0.5, 0.6) is 0 Å². The van der Waals surface area contributed by atoms with E-state index in [0.717, 1.165) is 37.0 Å². The number of rotatable bonds is 5. The molecular formula is C16H27NO. The Morgan fingerprint density at radius 1 is 1.11 bits per heavy atom. The van der Waals surface area contributed by atoms with Crippen LogP contribution in [0.3, 0.4) is 0 Å². The molecule has 1 heterocycles. The van der Waals surface area contributed by atoms with E-state index in [1.165, 1.54) is 51.5 Å². The molecule has 0 spiro atoms. The molecule has 3 atom stereocenters. The van der Waals surface area contributed by atoms with Crippen molar-refractivity contribution < 1.29 is 4.74 Å². The molecule has 1 aliphatic heterocycles. The maximum absolute atomic E-state index is 5.60. The molecule has 2 aliphatic carbocycles. The Morgan fingerprint density at radius 3 is 2.67 bits per heavy atom. The summed E-state index contributed by atoms with van der Waals surface area (Å²) in [6.07, 6.45) is 14.3. The van der Waals surface area contributed by atoms with Crippen LogP contribution in [-0.4, -0.2) is 25.8 Å². The van der Waals surface area contributed by atoms with Crippen LogP contribution in [0.25, 0.3) is 0 Å². The molecule has 0 aromatic rings. The minimum absolute atomic E-state index is 0.743. The lowest BCUT2D eigenvalue weighted by molar-refractivity contribution is 0.135. The molecule has 0 radical (unpaired) electrons. The average molecular weight is 249 g/mol. The van der Waals surface area contributed by atoms with Crippen LogP contribution in [0, 0.1) is 17.8 Å². The molecule has 102 valence electrons. The van der Waals surface area contributed by atoms with E-state index in [1.807, 2.05) is 0 Å². The Hall–Kier alpha value is -0.340. The van der Waals surface area contributed by atoms with E-state index in [0.29, 0.717) is 0 Å². The largest absolute Gasteiger partial charge is 0.381 e. The first-order valence-corrected chi connectivity index (χ1v) is 7.89. The van der Waals surface area contributed by atoms with E-state index in [1.54, 1.807) is 0 Å². The predicted molar refractivity (Wildman–Crippen MR) is 74.5 cm³/mol. The zero-order valence-corrected chi connectivity index (χ0v) is 11.4. The van der Waals surface area contributed by atoms with Gasteiger partial charge in [-0.25, -0.2) is 0 Å².